The van der Waals surface area contributed by atoms with Gasteiger partial charge in [0.2, 0.25) is 5.88 Å². The smallest absolute Gasteiger partial charge is 0.219 e. The summed E-state index contributed by atoms with van der Waals surface area (Å²) in [6, 6.07) is 12.0. The largest absolute Gasteiger partial charge is 0.439 e. The molecule has 1 unspecified atom stereocenters. The molecule has 0 radical (unpaired) electrons. The van der Waals surface area contributed by atoms with Gasteiger partial charge in [-0.05, 0) is 37.2 Å². The molecule has 20 heavy (non-hydrogen) atoms. The summed E-state index contributed by atoms with van der Waals surface area (Å²) in [5.74, 6) is 1.35. The van der Waals surface area contributed by atoms with Gasteiger partial charge in [-0.25, -0.2) is 4.98 Å². The van der Waals surface area contributed by atoms with Crippen LogP contribution in [0.4, 0.5) is 0 Å². The number of methoxy groups -OCH3 is 1. The van der Waals surface area contributed by atoms with Crippen LogP contribution < -0.4 is 10.1 Å². The fraction of sp³-hybridized carbons (Fsp3) is 0.312. The normalized spacial score (nSPS) is 12.2. The number of nitrogens with one attached hydrogen (secondary N) is 1. The number of aromatic nitrogens is 1. The number of nitrogens with zero attached hydrogens (tertiary/aromatic N) is 1. The Morgan fingerprint density at radius 3 is 2.75 bits per heavy atom. The number of hydrogen-bond acceptors (Lipinski definition) is 4. The Kier molecular flexibility index (Phi) is 5.09. The lowest BCUT2D eigenvalue weighted by Crippen LogP contribution is -2.12. The van der Waals surface area contributed by atoms with Crippen molar-refractivity contribution in [3.05, 3.63) is 53.7 Å². The number of hydrogen-bond donors (Lipinski definition) is 1. The van der Waals surface area contributed by atoms with Gasteiger partial charge in [-0.15, -0.1) is 0 Å². The Bertz CT molecular complexity index is 540. The van der Waals surface area contributed by atoms with Gasteiger partial charge in [0.1, 0.15) is 5.75 Å². The molecule has 1 heterocycles. The Morgan fingerprint density at radius 1 is 1.25 bits per heavy atom. The Balaban J connectivity index is 2.08. The van der Waals surface area contributed by atoms with E-state index in [2.05, 4.69) is 17.2 Å². The molecule has 0 aliphatic heterocycles. The second-order valence-electron chi connectivity index (χ2n) is 4.62. The van der Waals surface area contributed by atoms with Crippen molar-refractivity contribution in [1.29, 1.82) is 0 Å². The van der Waals surface area contributed by atoms with Gasteiger partial charge in [-0.1, -0.05) is 18.2 Å². The summed E-state index contributed by atoms with van der Waals surface area (Å²) in [5.41, 5.74) is 2.21. The van der Waals surface area contributed by atoms with E-state index in [-0.39, 0.29) is 6.04 Å². The first-order valence-electron chi connectivity index (χ1n) is 6.62. The van der Waals surface area contributed by atoms with Crippen LogP contribution in [-0.4, -0.2) is 19.1 Å². The molecule has 0 aliphatic carbocycles. The van der Waals surface area contributed by atoms with Crippen LogP contribution in [0.3, 0.4) is 0 Å². The highest BCUT2D eigenvalue weighted by Gasteiger charge is 2.04. The van der Waals surface area contributed by atoms with E-state index in [1.54, 1.807) is 7.11 Å². The molecule has 2 aromatic rings. The van der Waals surface area contributed by atoms with Crippen LogP contribution in [0.2, 0.25) is 0 Å². The molecule has 0 bridgehead atoms. The average Bonchev–Trinajstić information content (AvgIpc) is 2.48. The molecule has 0 saturated heterocycles. The maximum atomic E-state index is 5.75. The van der Waals surface area contributed by atoms with E-state index in [9.17, 15) is 0 Å². The van der Waals surface area contributed by atoms with Gasteiger partial charge in [0.05, 0.1) is 6.61 Å². The molecule has 1 N–H and O–H groups in total. The standard InChI is InChI=1S/C16H20N2O2/c1-12(17-2)14-7-8-16(18-10-14)20-15-6-4-5-13(9-15)11-19-3/h4-10,12,17H,11H2,1-3H3. The molecule has 4 nitrogen and oxygen atoms in total. The van der Waals surface area contributed by atoms with Crippen LogP contribution in [0.1, 0.15) is 24.1 Å². The molecular weight excluding hydrogens is 252 g/mol. The lowest BCUT2D eigenvalue weighted by atomic mass is 10.1. The first-order chi connectivity index (χ1) is 9.72. The molecule has 1 atom stereocenters. The van der Waals surface area contributed by atoms with E-state index in [1.165, 1.54) is 0 Å². The summed E-state index contributed by atoms with van der Waals surface area (Å²) < 4.78 is 10.9. The van der Waals surface area contributed by atoms with Crippen LogP contribution in [0.5, 0.6) is 11.6 Å². The van der Waals surface area contributed by atoms with Gasteiger partial charge in [-0.2, -0.15) is 0 Å². The molecule has 4 heteroatoms. The maximum Gasteiger partial charge on any atom is 0.219 e. The number of pyridine rings is 1. The molecule has 0 amide bonds. The summed E-state index contributed by atoms with van der Waals surface area (Å²) in [7, 11) is 3.60. The quantitative estimate of drug-likeness (QED) is 0.876. The van der Waals surface area contributed by atoms with Gasteiger partial charge < -0.3 is 14.8 Å². The Labute approximate surface area is 119 Å². The van der Waals surface area contributed by atoms with Crippen molar-refractivity contribution < 1.29 is 9.47 Å². The van der Waals surface area contributed by atoms with Gasteiger partial charge in [0.15, 0.2) is 0 Å². The Morgan fingerprint density at radius 2 is 2.10 bits per heavy atom. The summed E-state index contributed by atoms with van der Waals surface area (Å²) >= 11 is 0. The predicted octanol–water partition coefficient (Wildman–Crippen LogP) is 3.30. The van der Waals surface area contributed by atoms with Crippen LogP contribution >= 0.6 is 0 Å². The van der Waals surface area contributed by atoms with Crippen molar-refractivity contribution in [2.75, 3.05) is 14.2 Å². The number of ether oxygens (including phenoxy) is 2. The second-order valence-corrected chi connectivity index (χ2v) is 4.62. The van der Waals surface area contributed by atoms with Crippen molar-refractivity contribution in [3.63, 3.8) is 0 Å². The molecule has 0 saturated carbocycles. The summed E-state index contributed by atoms with van der Waals surface area (Å²) in [6.45, 7) is 2.66. The minimum absolute atomic E-state index is 0.279. The second kappa shape index (κ2) is 7.03. The topological polar surface area (TPSA) is 43.4 Å². The fourth-order valence-corrected chi connectivity index (χ4v) is 1.86. The minimum atomic E-state index is 0.279. The molecule has 0 spiro atoms. The van der Waals surface area contributed by atoms with Crippen molar-refractivity contribution in [1.82, 2.24) is 10.3 Å². The third kappa shape index (κ3) is 3.79. The third-order valence-corrected chi connectivity index (χ3v) is 3.12. The molecule has 2 rings (SSSR count). The van der Waals surface area contributed by atoms with Gasteiger partial charge >= 0.3 is 0 Å². The highest BCUT2D eigenvalue weighted by atomic mass is 16.5. The molecule has 1 aromatic heterocycles. The van der Waals surface area contributed by atoms with E-state index in [0.717, 1.165) is 16.9 Å². The predicted molar refractivity (Wildman–Crippen MR) is 78.9 cm³/mol. The van der Waals surface area contributed by atoms with E-state index < -0.39 is 0 Å². The van der Waals surface area contributed by atoms with Crippen LogP contribution in [-0.2, 0) is 11.3 Å². The lowest BCUT2D eigenvalue weighted by Gasteiger charge is -2.11. The van der Waals surface area contributed by atoms with Crippen LogP contribution in [0, 0.1) is 0 Å². The Hall–Kier alpha value is -1.91. The monoisotopic (exact) mass is 272 g/mol. The molecule has 0 fully saturated rings. The third-order valence-electron chi connectivity index (χ3n) is 3.12. The van der Waals surface area contributed by atoms with Gasteiger partial charge in [-0.3, -0.25) is 0 Å². The van der Waals surface area contributed by atoms with Gasteiger partial charge in [0, 0.05) is 25.4 Å². The number of rotatable bonds is 6. The maximum absolute atomic E-state index is 5.75. The molecular formula is C16H20N2O2. The van der Waals surface area contributed by atoms with E-state index in [1.807, 2.05) is 49.6 Å². The zero-order chi connectivity index (χ0) is 14.4. The zero-order valence-electron chi connectivity index (χ0n) is 12.1. The van der Waals surface area contributed by atoms with Crippen LogP contribution in [0.25, 0.3) is 0 Å². The van der Waals surface area contributed by atoms with E-state index >= 15 is 0 Å². The fourth-order valence-electron chi connectivity index (χ4n) is 1.86. The minimum Gasteiger partial charge on any atom is -0.439 e. The summed E-state index contributed by atoms with van der Waals surface area (Å²) in [5, 5.41) is 3.18. The van der Waals surface area contributed by atoms with E-state index in [0.29, 0.717) is 12.5 Å². The van der Waals surface area contributed by atoms with Crippen molar-refractivity contribution >= 4 is 0 Å². The highest BCUT2D eigenvalue weighted by Crippen LogP contribution is 2.22. The molecule has 0 aliphatic rings. The van der Waals surface area contributed by atoms with Crippen LogP contribution in [0.15, 0.2) is 42.6 Å². The van der Waals surface area contributed by atoms with Crippen molar-refractivity contribution in [2.45, 2.75) is 19.6 Å². The first kappa shape index (κ1) is 14.5. The SMILES string of the molecule is CNC(C)c1ccc(Oc2cccc(COC)c2)nc1. The lowest BCUT2D eigenvalue weighted by molar-refractivity contribution is 0.184. The highest BCUT2D eigenvalue weighted by molar-refractivity contribution is 5.32. The number of benzene rings is 1. The molecule has 1 aromatic carbocycles. The van der Waals surface area contributed by atoms with Crippen molar-refractivity contribution in [3.8, 4) is 11.6 Å². The van der Waals surface area contributed by atoms with E-state index in [4.69, 9.17) is 9.47 Å². The average molecular weight is 272 g/mol. The first-order valence-corrected chi connectivity index (χ1v) is 6.62. The summed E-state index contributed by atoms with van der Waals surface area (Å²) in [4.78, 5) is 4.33. The van der Waals surface area contributed by atoms with Gasteiger partial charge in [0.25, 0.3) is 0 Å². The molecule has 106 valence electrons. The summed E-state index contributed by atoms with van der Waals surface area (Å²) in [6.07, 6.45) is 1.83. The van der Waals surface area contributed by atoms with Crippen molar-refractivity contribution in [2.24, 2.45) is 0 Å². The zero-order valence-corrected chi connectivity index (χ0v) is 12.1.